The second kappa shape index (κ2) is 10.5. The molecule has 0 bridgehead atoms. The Balaban J connectivity index is 1.69. The number of pyridine rings is 1. The molecule has 1 aromatic rings. The molecule has 0 atom stereocenters. The van der Waals surface area contributed by atoms with Gasteiger partial charge in [-0.25, -0.2) is 4.98 Å². The van der Waals surface area contributed by atoms with Crippen LogP contribution in [-0.2, 0) is 22.4 Å². The fourth-order valence-electron chi connectivity index (χ4n) is 2.58. The predicted octanol–water partition coefficient (Wildman–Crippen LogP) is 1.26. The van der Waals surface area contributed by atoms with Crippen LogP contribution in [0.5, 0.6) is 0 Å². The van der Waals surface area contributed by atoms with Crippen molar-refractivity contribution in [2.45, 2.75) is 25.7 Å². The predicted molar refractivity (Wildman–Crippen MR) is 99.1 cm³/mol. The topological polar surface area (TPSA) is 99.1 Å². The van der Waals surface area contributed by atoms with E-state index in [9.17, 15) is 4.79 Å². The minimum atomic E-state index is -0.238. The van der Waals surface area contributed by atoms with E-state index in [1.54, 1.807) is 0 Å². The average molecular weight is 345 g/mol. The van der Waals surface area contributed by atoms with E-state index < -0.39 is 0 Å². The summed E-state index contributed by atoms with van der Waals surface area (Å²) in [5.41, 5.74) is 3.18. The molecule has 1 aliphatic heterocycles. The second-order valence-corrected chi connectivity index (χ2v) is 5.91. The fourth-order valence-corrected chi connectivity index (χ4v) is 2.58. The monoisotopic (exact) mass is 345 g/mol. The highest BCUT2D eigenvalue weighted by Gasteiger charge is 2.09. The number of rotatable bonds is 10. The van der Waals surface area contributed by atoms with Gasteiger partial charge in [0, 0.05) is 50.7 Å². The van der Waals surface area contributed by atoms with Gasteiger partial charge in [-0.05, 0) is 30.0 Å². The van der Waals surface area contributed by atoms with Crippen LogP contribution < -0.4 is 16.0 Å². The van der Waals surface area contributed by atoms with Gasteiger partial charge in [0.15, 0.2) is 0 Å². The maximum absolute atomic E-state index is 11.0. The number of hydrogen-bond donors (Lipinski definition) is 4. The third-order valence-corrected chi connectivity index (χ3v) is 4.01. The highest BCUT2D eigenvalue weighted by Crippen LogP contribution is 2.19. The second-order valence-electron chi connectivity index (χ2n) is 5.91. The third-order valence-electron chi connectivity index (χ3n) is 4.01. The number of aromatic nitrogens is 1. The number of hydrogen-bond acceptors (Lipinski definition) is 7. The van der Waals surface area contributed by atoms with Crippen molar-refractivity contribution in [2.24, 2.45) is 0 Å². The molecule has 0 aromatic carbocycles. The Morgan fingerprint density at radius 1 is 1.44 bits per heavy atom. The Morgan fingerprint density at radius 3 is 3.12 bits per heavy atom. The van der Waals surface area contributed by atoms with E-state index in [1.807, 2.05) is 6.20 Å². The molecule has 136 valence electrons. The van der Waals surface area contributed by atoms with Crippen LogP contribution >= 0.6 is 0 Å². The summed E-state index contributed by atoms with van der Waals surface area (Å²) >= 11 is 0. The number of aryl methyl sites for hydroxylation is 1. The first-order valence-corrected chi connectivity index (χ1v) is 8.66. The number of carbonyl (C=O) groups is 1. The Kier molecular flexibility index (Phi) is 7.91. The van der Waals surface area contributed by atoms with Crippen LogP contribution in [0.4, 0.5) is 5.82 Å². The van der Waals surface area contributed by atoms with Gasteiger partial charge < -0.3 is 26.1 Å². The molecule has 7 heteroatoms. The molecule has 0 fully saturated rings. The van der Waals surface area contributed by atoms with Crippen LogP contribution in [-0.4, -0.2) is 50.5 Å². The lowest BCUT2D eigenvalue weighted by molar-refractivity contribution is -0.140. The van der Waals surface area contributed by atoms with Crippen LogP contribution in [0, 0.1) is 5.41 Å². The number of nitrogens with one attached hydrogen (secondary N) is 4. The average Bonchev–Trinajstić information content (AvgIpc) is 2.66. The number of methoxy groups -OCH3 is 1. The van der Waals surface area contributed by atoms with Crippen LogP contribution in [0.3, 0.4) is 0 Å². The van der Waals surface area contributed by atoms with Gasteiger partial charge in [-0.15, -0.1) is 0 Å². The molecule has 0 saturated heterocycles. The van der Waals surface area contributed by atoms with Crippen LogP contribution in [0.2, 0.25) is 0 Å². The number of nitrogens with zero attached hydrogens (tertiary/aromatic N) is 1. The Labute approximate surface area is 148 Å². The smallest absolute Gasteiger partial charge is 0.306 e. The van der Waals surface area contributed by atoms with Crippen molar-refractivity contribution in [3.05, 3.63) is 35.2 Å². The molecule has 2 heterocycles. The van der Waals surface area contributed by atoms with Gasteiger partial charge in [0.1, 0.15) is 5.82 Å². The zero-order chi connectivity index (χ0) is 17.9. The van der Waals surface area contributed by atoms with Gasteiger partial charge in [0.2, 0.25) is 0 Å². The molecule has 7 nitrogen and oxygen atoms in total. The molecule has 0 spiro atoms. The van der Waals surface area contributed by atoms with Crippen molar-refractivity contribution in [1.82, 2.24) is 15.6 Å². The maximum Gasteiger partial charge on any atom is 0.306 e. The Hall–Kier alpha value is -2.41. The minimum absolute atomic E-state index is 0.238. The normalized spacial score (nSPS) is 13.6. The molecule has 0 saturated carbocycles. The van der Waals surface area contributed by atoms with Crippen LogP contribution in [0.1, 0.15) is 24.1 Å². The van der Waals surface area contributed by atoms with Crippen molar-refractivity contribution >= 4 is 18.0 Å². The van der Waals surface area contributed by atoms with Gasteiger partial charge in [0.25, 0.3) is 0 Å². The summed E-state index contributed by atoms with van der Waals surface area (Å²) in [6.07, 6.45) is 6.55. The molecule has 0 radical (unpaired) electrons. The number of carbonyl (C=O) groups excluding carboxylic acids is 1. The van der Waals surface area contributed by atoms with Crippen molar-refractivity contribution < 1.29 is 9.53 Å². The third kappa shape index (κ3) is 6.54. The summed E-state index contributed by atoms with van der Waals surface area (Å²) < 4.78 is 4.58. The molecule has 4 N–H and O–H groups in total. The van der Waals surface area contributed by atoms with E-state index >= 15 is 0 Å². The van der Waals surface area contributed by atoms with Gasteiger partial charge >= 0.3 is 5.97 Å². The molecule has 1 aliphatic rings. The number of ether oxygens (including phenoxy) is 1. The van der Waals surface area contributed by atoms with Gasteiger partial charge in [-0.2, -0.15) is 0 Å². The molecular formula is C18H27N5O2. The van der Waals surface area contributed by atoms with Crippen molar-refractivity contribution in [2.75, 3.05) is 38.6 Å². The highest BCUT2D eigenvalue weighted by atomic mass is 16.5. The minimum Gasteiger partial charge on any atom is -0.469 e. The van der Waals surface area contributed by atoms with Crippen molar-refractivity contribution in [1.29, 1.82) is 5.41 Å². The summed E-state index contributed by atoms with van der Waals surface area (Å²) in [5, 5.41) is 17.1. The summed E-state index contributed by atoms with van der Waals surface area (Å²) in [7, 11) is 1.38. The lowest BCUT2D eigenvalue weighted by Gasteiger charge is -2.17. The zero-order valence-corrected chi connectivity index (χ0v) is 14.7. The van der Waals surface area contributed by atoms with Gasteiger partial charge in [-0.1, -0.05) is 6.07 Å². The molecular weight excluding hydrogens is 318 g/mol. The summed E-state index contributed by atoms with van der Waals surface area (Å²) in [6, 6.07) is 4.25. The molecule has 25 heavy (non-hydrogen) atoms. The van der Waals surface area contributed by atoms with E-state index in [0.29, 0.717) is 19.5 Å². The zero-order valence-electron chi connectivity index (χ0n) is 14.7. The van der Waals surface area contributed by atoms with Crippen molar-refractivity contribution in [3.8, 4) is 0 Å². The lowest BCUT2D eigenvalue weighted by Crippen LogP contribution is -2.23. The first-order chi connectivity index (χ1) is 12.2. The number of fused-ring (bicyclic) bond motifs is 1. The highest BCUT2D eigenvalue weighted by molar-refractivity contribution is 5.76. The quantitative estimate of drug-likeness (QED) is 0.289. The summed E-state index contributed by atoms with van der Waals surface area (Å²) in [4.78, 5) is 15.7. The summed E-state index contributed by atoms with van der Waals surface area (Å²) in [5.74, 6) is 0.785. The maximum atomic E-state index is 11.0. The molecule has 0 amide bonds. The number of anilines is 1. The van der Waals surface area contributed by atoms with E-state index in [1.165, 1.54) is 25.3 Å². The molecule has 0 unspecified atom stereocenters. The van der Waals surface area contributed by atoms with E-state index in [2.05, 4.69) is 37.8 Å². The summed E-state index contributed by atoms with van der Waals surface area (Å²) in [6.45, 7) is 2.82. The number of esters is 1. The van der Waals surface area contributed by atoms with Crippen molar-refractivity contribution in [3.63, 3.8) is 0 Å². The van der Waals surface area contributed by atoms with Gasteiger partial charge in [0.05, 0.1) is 13.5 Å². The largest absolute Gasteiger partial charge is 0.469 e. The Bertz CT molecular complexity index is 615. The van der Waals surface area contributed by atoms with E-state index in [0.717, 1.165) is 43.0 Å². The van der Waals surface area contributed by atoms with Crippen LogP contribution in [0.15, 0.2) is 23.9 Å². The van der Waals surface area contributed by atoms with Gasteiger partial charge in [-0.3, -0.25) is 4.79 Å². The fraction of sp³-hybridized carbons (Fsp3) is 0.500. The SMILES string of the molecule is COC(=O)CCNC/C(C=N)=C/NCCc1ccc2c(n1)NCCC2. The van der Waals surface area contributed by atoms with Crippen LogP contribution in [0.25, 0.3) is 0 Å². The van der Waals surface area contributed by atoms with E-state index in [-0.39, 0.29) is 5.97 Å². The first kappa shape index (κ1) is 18.9. The molecule has 0 aliphatic carbocycles. The first-order valence-electron chi connectivity index (χ1n) is 8.66. The Morgan fingerprint density at radius 2 is 2.32 bits per heavy atom. The molecule has 1 aromatic heterocycles. The molecule has 2 rings (SSSR count). The standard InChI is InChI=1S/C18H27N5O2/c1-25-17(24)7-10-21-13-14(11-19)12-20-9-6-16-5-4-15-3-2-8-22-18(15)23-16/h4-5,11-12,19-21H,2-3,6-10,13H2,1H3,(H,22,23)/b14-12+,19-11?. The lowest BCUT2D eigenvalue weighted by atomic mass is 10.1. The van der Waals surface area contributed by atoms with E-state index in [4.69, 9.17) is 5.41 Å².